The third-order valence-corrected chi connectivity index (χ3v) is 5.22. The smallest absolute Gasteiger partial charge is 0.326 e. The number of nitrogens with one attached hydrogen (secondary N) is 2. The van der Waals surface area contributed by atoms with Gasteiger partial charge in [-0.15, -0.1) is 0 Å². The van der Waals surface area contributed by atoms with Gasteiger partial charge < -0.3 is 30.4 Å². The van der Waals surface area contributed by atoms with Crippen LogP contribution in [0.2, 0.25) is 0 Å². The number of likely N-dealkylation sites (tertiary alicyclic amines) is 2. The molecule has 12 nitrogen and oxygen atoms in total. The normalized spacial score (nSPS) is 23.5. The van der Waals surface area contributed by atoms with Crippen molar-refractivity contribution in [3.63, 3.8) is 0 Å². The Balaban J connectivity index is 2.07. The van der Waals surface area contributed by atoms with Crippen molar-refractivity contribution < 1.29 is 39.3 Å². The zero-order chi connectivity index (χ0) is 21.7. The maximum absolute atomic E-state index is 12.7. The number of amides is 3. The molecule has 0 spiro atoms. The predicted octanol–water partition coefficient (Wildman–Crippen LogP) is -1.25. The standard InChI is InChI=1S/C17H26N4O8/c1-9(14(24)20-6-3-5-11(20)15(25)26)19-13(16(27)28)10-4-2-7-21(10)17(29)18-8-12(22)23/h9-11,13,19H,2-8H2,1H3,(H,18,29)(H,22,23)(H,25,26)(H,27,28). The van der Waals surface area contributed by atoms with Gasteiger partial charge in [0.2, 0.25) is 5.91 Å². The lowest BCUT2D eigenvalue weighted by atomic mass is 10.0. The molecule has 2 aliphatic rings. The molecule has 0 aromatic carbocycles. The van der Waals surface area contributed by atoms with Crippen molar-refractivity contribution in [2.24, 2.45) is 0 Å². The second-order valence-electron chi connectivity index (χ2n) is 7.19. The molecule has 5 N–H and O–H groups in total. The Labute approximate surface area is 166 Å². The highest BCUT2D eigenvalue weighted by Gasteiger charge is 2.42. The third kappa shape index (κ3) is 5.34. The number of rotatable bonds is 8. The van der Waals surface area contributed by atoms with E-state index in [1.54, 1.807) is 0 Å². The van der Waals surface area contributed by atoms with E-state index in [1.165, 1.54) is 16.7 Å². The zero-order valence-electron chi connectivity index (χ0n) is 16.0. The van der Waals surface area contributed by atoms with Gasteiger partial charge in [-0.2, -0.15) is 0 Å². The Bertz CT molecular complexity index is 684. The maximum atomic E-state index is 12.7. The highest BCUT2D eigenvalue weighted by molar-refractivity contribution is 5.88. The van der Waals surface area contributed by atoms with E-state index >= 15 is 0 Å². The van der Waals surface area contributed by atoms with E-state index < -0.39 is 60.6 Å². The first-order valence-corrected chi connectivity index (χ1v) is 9.42. The molecule has 0 saturated carbocycles. The Morgan fingerprint density at radius 1 is 1.00 bits per heavy atom. The number of urea groups is 1. The van der Waals surface area contributed by atoms with E-state index in [-0.39, 0.29) is 13.1 Å². The van der Waals surface area contributed by atoms with Crippen LogP contribution in [0.15, 0.2) is 0 Å². The van der Waals surface area contributed by atoms with Crippen molar-refractivity contribution in [3.05, 3.63) is 0 Å². The number of aliphatic carboxylic acids is 3. The average molecular weight is 414 g/mol. The lowest BCUT2D eigenvalue weighted by Crippen LogP contribution is -2.60. The number of carboxylic acid groups (broad SMARTS) is 3. The summed E-state index contributed by atoms with van der Waals surface area (Å²) in [6.45, 7) is 1.41. The largest absolute Gasteiger partial charge is 0.480 e. The number of carbonyl (C=O) groups excluding carboxylic acids is 2. The van der Waals surface area contributed by atoms with Crippen molar-refractivity contribution in [2.75, 3.05) is 19.6 Å². The van der Waals surface area contributed by atoms with Gasteiger partial charge in [0, 0.05) is 13.1 Å². The lowest BCUT2D eigenvalue weighted by Gasteiger charge is -2.32. The number of carboxylic acids is 3. The van der Waals surface area contributed by atoms with Gasteiger partial charge in [0.15, 0.2) is 0 Å². The third-order valence-electron chi connectivity index (χ3n) is 5.22. The first-order chi connectivity index (χ1) is 13.6. The minimum Gasteiger partial charge on any atom is -0.480 e. The highest BCUT2D eigenvalue weighted by Crippen LogP contribution is 2.22. The van der Waals surface area contributed by atoms with Crippen LogP contribution in [0, 0.1) is 0 Å². The molecule has 2 aliphatic heterocycles. The van der Waals surface area contributed by atoms with Crippen LogP contribution in [0.1, 0.15) is 32.6 Å². The second-order valence-corrected chi connectivity index (χ2v) is 7.19. The topological polar surface area (TPSA) is 177 Å². The molecule has 2 saturated heterocycles. The number of carbonyl (C=O) groups is 5. The maximum Gasteiger partial charge on any atom is 0.326 e. The Hall–Kier alpha value is -2.89. The monoisotopic (exact) mass is 414 g/mol. The fourth-order valence-electron chi connectivity index (χ4n) is 3.87. The molecule has 0 bridgehead atoms. The van der Waals surface area contributed by atoms with Crippen LogP contribution < -0.4 is 10.6 Å². The van der Waals surface area contributed by atoms with Crippen LogP contribution in [0.5, 0.6) is 0 Å². The van der Waals surface area contributed by atoms with E-state index in [2.05, 4.69) is 10.6 Å². The van der Waals surface area contributed by atoms with Gasteiger partial charge in [0.1, 0.15) is 18.6 Å². The Kier molecular flexibility index (Phi) is 7.37. The fourth-order valence-corrected chi connectivity index (χ4v) is 3.87. The Morgan fingerprint density at radius 3 is 2.21 bits per heavy atom. The summed E-state index contributed by atoms with van der Waals surface area (Å²) in [6, 6.07) is -4.63. The Morgan fingerprint density at radius 2 is 1.62 bits per heavy atom. The van der Waals surface area contributed by atoms with Crippen LogP contribution in [0.25, 0.3) is 0 Å². The molecule has 12 heteroatoms. The van der Waals surface area contributed by atoms with E-state index in [1.807, 2.05) is 0 Å². The summed E-state index contributed by atoms with van der Waals surface area (Å²) < 4.78 is 0. The average Bonchev–Trinajstić information content (AvgIpc) is 3.32. The van der Waals surface area contributed by atoms with E-state index in [0.29, 0.717) is 25.7 Å². The molecular formula is C17H26N4O8. The van der Waals surface area contributed by atoms with Crippen LogP contribution in [0.4, 0.5) is 4.79 Å². The molecule has 3 amide bonds. The minimum atomic E-state index is -1.27. The van der Waals surface area contributed by atoms with Gasteiger partial charge in [0.25, 0.3) is 0 Å². The van der Waals surface area contributed by atoms with Crippen LogP contribution >= 0.6 is 0 Å². The van der Waals surface area contributed by atoms with Crippen molar-refractivity contribution in [2.45, 2.75) is 56.8 Å². The molecule has 29 heavy (non-hydrogen) atoms. The summed E-state index contributed by atoms with van der Waals surface area (Å²) in [7, 11) is 0. The molecular weight excluding hydrogens is 388 g/mol. The molecule has 0 radical (unpaired) electrons. The molecule has 2 heterocycles. The molecule has 2 fully saturated rings. The van der Waals surface area contributed by atoms with Gasteiger partial charge in [-0.05, 0) is 32.6 Å². The van der Waals surface area contributed by atoms with Crippen LogP contribution in [-0.4, -0.2) is 98.8 Å². The van der Waals surface area contributed by atoms with Crippen molar-refractivity contribution in [3.8, 4) is 0 Å². The zero-order valence-corrected chi connectivity index (χ0v) is 16.0. The highest BCUT2D eigenvalue weighted by atomic mass is 16.4. The number of nitrogens with zero attached hydrogens (tertiary/aromatic N) is 2. The summed E-state index contributed by atoms with van der Waals surface area (Å²) in [5, 5.41) is 32.5. The van der Waals surface area contributed by atoms with E-state index in [9.17, 15) is 34.2 Å². The predicted molar refractivity (Wildman–Crippen MR) is 97.2 cm³/mol. The molecule has 0 aromatic heterocycles. The molecule has 4 atom stereocenters. The molecule has 2 rings (SSSR count). The van der Waals surface area contributed by atoms with Gasteiger partial charge in [-0.3, -0.25) is 19.7 Å². The summed E-state index contributed by atoms with van der Waals surface area (Å²) in [5.41, 5.74) is 0. The van der Waals surface area contributed by atoms with E-state index in [4.69, 9.17) is 5.11 Å². The summed E-state index contributed by atoms with van der Waals surface area (Å²) in [5.74, 6) is -4.10. The van der Waals surface area contributed by atoms with Gasteiger partial charge in [-0.25, -0.2) is 9.59 Å². The van der Waals surface area contributed by atoms with Crippen molar-refractivity contribution in [1.82, 2.24) is 20.4 Å². The first-order valence-electron chi connectivity index (χ1n) is 9.42. The van der Waals surface area contributed by atoms with Gasteiger partial charge >= 0.3 is 23.9 Å². The SMILES string of the molecule is CC(NC(C(=O)O)C1CCCN1C(=O)NCC(=O)O)C(=O)N1CCCC1C(=O)O. The molecule has 162 valence electrons. The summed E-state index contributed by atoms with van der Waals surface area (Å²) >= 11 is 0. The number of hydrogen-bond acceptors (Lipinski definition) is 6. The van der Waals surface area contributed by atoms with Gasteiger partial charge in [0.05, 0.1) is 12.1 Å². The van der Waals surface area contributed by atoms with Crippen molar-refractivity contribution in [1.29, 1.82) is 0 Å². The first kappa shape index (κ1) is 22.4. The quantitative estimate of drug-likeness (QED) is 0.325. The summed E-state index contributed by atoms with van der Waals surface area (Å²) in [6.07, 6.45) is 1.80. The van der Waals surface area contributed by atoms with Gasteiger partial charge in [-0.1, -0.05) is 0 Å². The van der Waals surface area contributed by atoms with E-state index in [0.717, 1.165) is 0 Å². The van der Waals surface area contributed by atoms with Crippen molar-refractivity contribution >= 4 is 29.8 Å². The molecule has 4 unspecified atom stereocenters. The fraction of sp³-hybridized carbons (Fsp3) is 0.706. The molecule has 0 aromatic rings. The summed E-state index contributed by atoms with van der Waals surface area (Å²) in [4.78, 5) is 61.2. The lowest BCUT2D eigenvalue weighted by molar-refractivity contribution is -0.149. The minimum absolute atomic E-state index is 0.261. The second kappa shape index (κ2) is 9.54. The van der Waals surface area contributed by atoms with Crippen LogP contribution in [0.3, 0.4) is 0 Å². The van der Waals surface area contributed by atoms with Crippen LogP contribution in [-0.2, 0) is 19.2 Å². The molecule has 0 aliphatic carbocycles. The number of hydrogen-bond donors (Lipinski definition) is 5.